The smallest absolute Gasteiger partial charge is 0.323 e. The first kappa shape index (κ1) is 14.9. The number of nitrogens with one attached hydrogen (secondary N) is 2. The van der Waals surface area contributed by atoms with E-state index >= 15 is 0 Å². The van der Waals surface area contributed by atoms with Crippen LogP contribution in [0, 0.1) is 18.6 Å². The van der Waals surface area contributed by atoms with E-state index in [1.54, 1.807) is 18.2 Å². The first-order chi connectivity index (χ1) is 10.0. The van der Waals surface area contributed by atoms with Crippen molar-refractivity contribution in [3.05, 3.63) is 59.2 Å². The standard InChI is InChI=1S/C15H15F2N3O/c1-9-5-6-12(16)14(13(9)17)20-15(21)19-11-4-2-3-10(7-11)8-18/h2-7H,8,18H2,1H3,(H2,19,20,21). The van der Waals surface area contributed by atoms with Gasteiger partial charge in [-0.2, -0.15) is 0 Å². The van der Waals surface area contributed by atoms with Crippen LogP contribution in [0.25, 0.3) is 0 Å². The van der Waals surface area contributed by atoms with Crippen molar-refractivity contribution in [2.75, 3.05) is 10.6 Å². The average molecular weight is 291 g/mol. The van der Waals surface area contributed by atoms with Crippen LogP contribution in [-0.2, 0) is 6.54 Å². The molecule has 4 nitrogen and oxygen atoms in total. The molecular weight excluding hydrogens is 276 g/mol. The summed E-state index contributed by atoms with van der Waals surface area (Å²) < 4.78 is 27.3. The minimum Gasteiger partial charge on any atom is -0.326 e. The molecule has 4 N–H and O–H groups in total. The molecule has 0 heterocycles. The summed E-state index contributed by atoms with van der Waals surface area (Å²) in [4.78, 5) is 11.8. The molecule has 0 atom stereocenters. The molecule has 0 bridgehead atoms. The van der Waals surface area contributed by atoms with E-state index in [0.717, 1.165) is 11.6 Å². The topological polar surface area (TPSA) is 67.2 Å². The van der Waals surface area contributed by atoms with Crippen molar-refractivity contribution in [3.8, 4) is 0 Å². The van der Waals surface area contributed by atoms with Gasteiger partial charge in [-0.25, -0.2) is 13.6 Å². The molecule has 21 heavy (non-hydrogen) atoms. The SMILES string of the molecule is Cc1ccc(F)c(NC(=O)Nc2cccc(CN)c2)c1F. The Morgan fingerprint density at radius 1 is 1.19 bits per heavy atom. The van der Waals surface area contributed by atoms with Gasteiger partial charge in [0.15, 0.2) is 5.82 Å². The average Bonchev–Trinajstić information content (AvgIpc) is 2.48. The molecule has 0 fully saturated rings. The summed E-state index contributed by atoms with van der Waals surface area (Å²) in [7, 11) is 0. The predicted molar refractivity (Wildman–Crippen MR) is 78.1 cm³/mol. The van der Waals surface area contributed by atoms with Gasteiger partial charge in [0, 0.05) is 12.2 Å². The Morgan fingerprint density at radius 3 is 2.67 bits per heavy atom. The number of benzene rings is 2. The number of nitrogens with two attached hydrogens (primary N) is 1. The van der Waals surface area contributed by atoms with Gasteiger partial charge in [0.05, 0.1) is 0 Å². The molecule has 2 aromatic rings. The minimum atomic E-state index is -0.830. The summed E-state index contributed by atoms with van der Waals surface area (Å²) in [5.41, 5.74) is 6.60. The van der Waals surface area contributed by atoms with E-state index in [2.05, 4.69) is 10.6 Å². The fourth-order valence-electron chi connectivity index (χ4n) is 1.82. The second-order valence-corrected chi connectivity index (χ2v) is 4.54. The Hall–Kier alpha value is -2.47. The highest BCUT2D eigenvalue weighted by molar-refractivity contribution is 6.00. The van der Waals surface area contributed by atoms with E-state index in [9.17, 15) is 13.6 Å². The number of hydrogen-bond acceptors (Lipinski definition) is 2. The van der Waals surface area contributed by atoms with Crippen LogP contribution < -0.4 is 16.4 Å². The van der Waals surface area contributed by atoms with E-state index in [0.29, 0.717) is 12.2 Å². The Morgan fingerprint density at radius 2 is 1.95 bits per heavy atom. The number of hydrogen-bond donors (Lipinski definition) is 3. The highest BCUT2D eigenvalue weighted by Gasteiger charge is 2.14. The third kappa shape index (κ3) is 3.55. The molecule has 0 aliphatic rings. The van der Waals surface area contributed by atoms with Crippen LogP contribution in [0.3, 0.4) is 0 Å². The number of aryl methyl sites for hydroxylation is 1. The van der Waals surface area contributed by atoms with Gasteiger partial charge in [0.1, 0.15) is 11.5 Å². The lowest BCUT2D eigenvalue weighted by molar-refractivity contribution is 0.262. The van der Waals surface area contributed by atoms with Crippen LogP contribution in [0.5, 0.6) is 0 Å². The molecule has 0 aliphatic heterocycles. The number of rotatable bonds is 3. The van der Waals surface area contributed by atoms with Crippen LogP contribution in [-0.4, -0.2) is 6.03 Å². The number of amides is 2. The molecule has 2 aromatic carbocycles. The first-order valence-electron chi connectivity index (χ1n) is 6.33. The lowest BCUT2D eigenvalue weighted by Crippen LogP contribution is -2.21. The maximum Gasteiger partial charge on any atom is 0.323 e. The lowest BCUT2D eigenvalue weighted by Gasteiger charge is -2.11. The molecule has 0 aromatic heterocycles. The van der Waals surface area contributed by atoms with Crippen molar-refractivity contribution in [3.63, 3.8) is 0 Å². The van der Waals surface area contributed by atoms with Crippen molar-refractivity contribution in [1.82, 2.24) is 0 Å². The molecule has 6 heteroatoms. The Bertz CT molecular complexity index is 674. The Kier molecular flexibility index (Phi) is 4.49. The number of anilines is 2. The zero-order valence-electron chi connectivity index (χ0n) is 11.4. The Balaban J connectivity index is 2.13. The molecule has 2 rings (SSSR count). The van der Waals surface area contributed by atoms with Gasteiger partial charge < -0.3 is 16.4 Å². The number of carbonyl (C=O) groups excluding carboxylic acids is 1. The summed E-state index contributed by atoms with van der Waals surface area (Å²) in [6.45, 7) is 1.82. The quantitative estimate of drug-likeness (QED) is 0.811. The number of urea groups is 1. The molecule has 2 amide bonds. The largest absolute Gasteiger partial charge is 0.326 e. The molecule has 0 saturated heterocycles. The monoisotopic (exact) mass is 291 g/mol. The van der Waals surface area contributed by atoms with Gasteiger partial charge in [0.25, 0.3) is 0 Å². The lowest BCUT2D eigenvalue weighted by atomic mass is 10.2. The fourth-order valence-corrected chi connectivity index (χ4v) is 1.82. The zero-order chi connectivity index (χ0) is 15.4. The van der Waals surface area contributed by atoms with Crippen LogP contribution in [0.1, 0.15) is 11.1 Å². The molecule has 0 aliphatic carbocycles. The van der Waals surface area contributed by atoms with Crippen molar-refractivity contribution >= 4 is 17.4 Å². The van der Waals surface area contributed by atoms with Crippen molar-refractivity contribution in [2.24, 2.45) is 5.73 Å². The summed E-state index contributed by atoms with van der Waals surface area (Å²) in [6, 6.07) is 8.55. The van der Waals surface area contributed by atoms with Crippen LogP contribution in [0.2, 0.25) is 0 Å². The van der Waals surface area contributed by atoms with Crippen LogP contribution in [0.4, 0.5) is 25.0 Å². The van der Waals surface area contributed by atoms with E-state index in [1.807, 2.05) is 6.07 Å². The van der Waals surface area contributed by atoms with Gasteiger partial charge in [0.2, 0.25) is 0 Å². The molecule has 0 unspecified atom stereocenters. The molecule has 0 saturated carbocycles. The van der Waals surface area contributed by atoms with Gasteiger partial charge in [-0.1, -0.05) is 18.2 Å². The van der Waals surface area contributed by atoms with Crippen LogP contribution >= 0.6 is 0 Å². The van der Waals surface area contributed by atoms with Gasteiger partial charge in [-0.3, -0.25) is 0 Å². The van der Waals surface area contributed by atoms with Gasteiger partial charge in [-0.15, -0.1) is 0 Å². The van der Waals surface area contributed by atoms with Crippen molar-refractivity contribution in [1.29, 1.82) is 0 Å². The summed E-state index contributed by atoms with van der Waals surface area (Å²) in [5, 5.41) is 4.67. The fraction of sp³-hybridized carbons (Fsp3) is 0.133. The number of carbonyl (C=O) groups is 1. The normalized spacial score (nSPS) is 10.3. The van der Waals surface area contributed by atoms with Crippen molar-refractivity contribution < 1.29 is 13.6 Å². The predicted octanol–water partition coefficient (Wildman–Crippen LogP) is 3.38. The van der Waals surface area contributed by atoms with Gasteiger partial charge >= 0.3 is 6.03 Å². The third-order valence-corrected chi connectivity index (χ3v) is 2.94. The summed E-state index contributed by atoms with van der Waals surface area (Å²) >= 11 is 0. The highest BCUT2D eigenvalue weighted by atomic mass is 19.1. The van der Waals surface area contributed by atoms with E-state index in [4.69, 9.17) is 5.73 Å². The second kappa shape index (κ2) is 6.32. The zero-order valence-corrected chi connectivity index (χ0v) is 11.4. The second-order valence-electron chi connectivity index (χ2n) is 4.54. The van der Waals surface area contributed by atoms with Gasteiger partial charge in [-0.05, 0) is 36.2 Å². The first-order valence-corrected chi connectivity index (χ1v) is 6.33. The maximum absolute atomic E-state index is 13.8. The highest BCUT2D eigenvalue weighted by Crippen LogP contribution is 2.22. The summed E-state index contributed by atoms with van der Waals surface area (Å²) in [6.07, 6.45) is 0. The van der Waals surface area contributed by atoms with E-state index < -0.39 is 23.4 Å². The molecule has 110 valence electrons. The molecule has 0 radical (unpaired) electrons. The van der Waals surface area contributed by atoms with E-state index in [1.165, 1.54) is 13.0 Å². The molecule has 0 spiro atoms. The maximum atomic E-state index is 13.8. The summed E-state index contributed by atoms with van der Waals surface area (Å²) in [5.74, 6) is -1.62. The van der Waals surface area contributed by atoms with Crippen molar-refractivity contribution in [2.45, 2.75) is 13.5 Å². The third-order valence-electron chi connectivity index (χ3n) is 2.94. The molecular formula is C15H15F2N3O. The van der Waals surface area contributed by atoms with E-state index in [-0.39, 0.29) is 5.56 Å². The van der Waals surface area contributed by atoms with Crippen LogP contribution in [0.15, 0.2) is 36.4 Å². The Labute approximate surface area is 121 Å². The number of halogens is 2. The minimum absolute atomic E-state index is 0.247.